The van der Waals surface area contributed by atoms with E-state index in [1.807, 2.05) is 18.3 Å². The molecule has 2 saturated heterocycles. The number of sulfonamides is 1. The number of hydrogen-bond acceptors (Lipinski definition) is 5. The number of hydrogen-bond donors (Lipinski definition) is 0. The van der Waals surface area contributed by atoms with Gasteiger partial charge in [0.05, 0.1) is 17.4 Å². The Morgan fingerprint density at radius 2 is 1.79 bits per heavy atom. The molecular weight excluding hydrogens is 442 g/mol. The van der Waals surface area contributed by atoms with Gasteiger partial charge in [-0.2, -0.15) is 4.31 Å². The van der Waals surface area contributed by atoms with Crippen LogP contribution >= 0.6 is 0 Å². The number of aromatic nitrogens is 1. The molecule has 0 N–H and O–H groups in total. The van der Waals surface area contributed by atoms with Gasteiger partial charge in [-0.3, -0.25) is 9.59 Å². The molecule has 0 radical (unpaired) electrons. The molecule has 2 aromatic rings. The van der Waals surface area contributed by atoms with Gasteiger partial charge in [-0.15, -0.1) is 0 Å². The fourth-order valence-electron chi connectivity index (χ4n) is 4.99. The molecule has 33 heavy (non-hydrogen) atoms. The summed E-state index contributed by atoms with van der Waals surface area (Å²) in [5.74, 6) is -0.676. The van der Waals surface area contributed by atoms with Crippen LogP contribution in [0.4, 0.5) is 0 Å². The summed E-state index contributed by atoms with van der Waals surface area (Å²) in [4.78, 5) is 27.2. The number of benzene rings is 1. The van der Waals surface area contributed by atoms with Crippen molar-refractivity contribution < 1.29 is 22.7 Å². The van der Waals surface area contributed by atoms with Crippen LogP contribution in [0.2, 0.25) is 0 Å². The van der Waals surface area contributed by atoms with Crippen molar-refractivity contribution >= 4 is 32.8 Å². The second-order valence-corrected chi connectivity index (χ2v) is 10.8. The molecule has 9 heteroatoms. The number of amides is 1. The molecule has 1 aromatic heterocycles. The first-order valence-corrected chi connectivity index (χ1v) is 13.3. The van der Waals surface area contributed by atoms with Gasteiger partial charge >= 0.3 is 5.97 Å². The van der Waals surface area contributed by atoms with E-state index in [-0.39, 0.29) is 23.7 Å². The zero-order valence-corrected chi connectivity index (χ0v) is 20.2. The Morgan fingerprint density at radius 1 is 1.03 bits per heavy atom. The Bertz CT molecular complexity index is 1120. The quantitative estimate of drug-likeness (QED) is 0.600. The average molecular weight is 476 g/mol. The van der Waals surface area contributed by atoms with Crippen LogP contribution in [-0.4, -0.2) is 66.9 Å². The number of rotatable bonds is 6. The van der Waals surface area contributed by atoms with E-state index in [0.717, 1.165) is 30.3 Å². The summed E-state index contributed by atoms with van der Waals surface area (Å²) in [6.07, 6.45) is 4.47. The predicted molar refractivity (Wildman–Crippen MR) is 125 cm³/mol. The van der Waals surface area contributed by atoms with Gasteiger partial charge in [0.25, 0.3) is 0 Å². The number of esters is 1. The van der Waals surface area contributed by atoms with E-state index in [1.165, 1.54) is 4.31 Å². The molecule has 0 saturated carbocycles. The Kier molecular flexibility index (Phi) is 7.09. The van der Waals surface area contributed by atoms with Crippen molar-refractivity contribution in [3.05, 3.63) is 30.5 Å². The third kappa shape index (κ3) is 4.80. The van der Waals surface area contributed by atoms with Gasteiger partial charge in [0.15, 0.2) is 0 Å². The summed E-state index contributed by atoms with van der Waals surface area (Å²) in [5.41, 5.74) is 1.02. The topological polar surface area (TPSA) is 88.9 Å². The van der Waals surface area contributed by atoms with Crippen LogP contribution in [0.25, 0.3) is 10.9 Å². The van der Waals surface area contributed by atoms with E-state index >= 15 is 0 Å². The summed E-state index contributed by atoms with van der Waals surface area (Å²) < 4.78 is 35.2. The second kappa shape index (κ2) is 9.85. The molecule has 2 aliphatic heterocycles. The number of fused-ring (bicyclic) bond motifs is 1. The molecule has 1 amide bonds. The molecule has 2 aliphatic rings. The first-order valence-electron chi connectivity index (χ1n) is 11.9. The van der Waals surface area contributed by atoms with E-state index in [0.29, 0.717) is 50.5 Å². The summed E-state index contributed by atoms with van der Waals surface area (Å²) in [7, 11) is -3.61. The summed E-state index contributed by atoms with van der Waals surface area (Å²) in [6, 6.07) is 7.20. The molecular formula is C24H33N3O5S. The lowest BCUT2D eigenvalue weighted by molar-refractivity contribution is -0.152. The van der Waals surface area contributed by atoms with Gasteiger partial charge in [-0.25, -0.2) is 8.42 Å². The van der Waals surface area contributed by atoms with E-state index in [9.17, 15) is 18.0 Å². The standard InChI is InChI=1S/C24H33N3O5S/c1-3-25-13-9-19-16-21(7-8-22(19)25)33(30,31)27-14-10-18(11-15-27)23(28)26-12-5-6-20(17-26)24(29)32-4-2/h7-9,13,16,18,20H,3-6,10-12,14-15,17H2,1-2H3/t20-/m0/s1. The number of likely N-dealkylation sites (tertiary alicyclic amines) is 1. The fourth-order valence-corrected chi connectivity index (χ4v) is 6.50. The molecule has 0 spiro atoms. The Hall–Kier alpha value is -2.39. The smallest absolute Gasteiger partial charge is 0.310 e. The van der Waals surface area contributed by atoms with Crippen LogP contribution in [0.1, 0.15) is 39.5 Å². The summed E-state index contributed by atoms with van der Waals surface area (Å²) in [6.45, 7) is 6.69. The first-order chi connectivity index (χ1) is 15.8. The minimum Gasteiger partial charge on any atom is -0.466 e. The number of piperidine rings is 2. The van der Waals surface area contributed by atoms with Gasteiger partial charge in [0.2, 0.25) is 15.9 Å². The molecule has 1 atom stereocenters. The lowest BCUT2D eigenvalue weighted by Crippen LogP contribution is -2.48. The van der Waals surface area contributed by atoms with Crippen LogP contribution in [0.5, 0.6) is 0 Å². The molecule has 3 heterocycles. The van der Waals surface area contributed by atoms with E-state index in [4.69, 9.17) is 4.74 Å². The van der Waals surface area contributed by atoms with Crippen LogP contribution in [0, 0.1) is 11.8 Å². The number of carbonyl (C=O) groups is 2. The maximum absolute atomic E-state index is 13.2. The van der Waals surface area contributed by atoms with E-state index < -0.39 is 10.0 Å². The van der Waals surface area contributed by atoms with Gasteiger partial charge in [0.1, 0.15) is 0 Å². The van der Waals surface area contributed by atoms with Crippen molar-refractivity contribution in [3.8, 4) is 0 Å². The minimum atomic E-state index is -3.61. The predicted octanol–water partition coefficient (Wildman–Crippen LogP) is 2.86. The van der Waals surface area contributed by atoms with Crippen molar-refractivity contribution in [2.24, 2.45) is 11.8 Å². The van der Waals surface area contributed by atoms with Crippen LogP contribution in [0.15, 0.2) is 35.4 Å². The Morgan fingerprint density at radius 3 is 2.48 bits per heavy atom. The summed E-state index contributed by atoms with van der Waals surface area (Å²) >= 11 is 0. The van der Waals surface area contributed by atoms with Gasteiger partial charge in [0, 0.05) is 55.7 Å². The highest BCUT2D eigenvalue weighted by Gasteiger charge is 2.36. The maximum Gasteiger partial charge on any atom is 0.310 e. The first kappa shape index (κ1) is 23.8. The lowest BCUT2D eigenvalue weighted by atomic mass is 9.93. The number of ether oxygens (including phenoxy) is 1. The van der Waals surface area contributed by atoms with E-state index in [2.05, 4.69) is 11.5 Å². The van der Waals surface area contributed by atoms with Crippen molar-refractivity contribution in [2.75, 3.05) is 32.8 Å². The summed E-state index contributed by atoms with van der Waals surface area (Å²) in [5, 5.41) is 0.907. The van der Waals surface area contributed by atoms with E-state index in [1.54, 1.807) is 24.0 Å². The zero-order valence-electron chi connectivity index (χ0n) is 19.4. The SMILES string of the molecule is CCOC(=O)[C@H]1CCCN(C(=O)C2CCN(S(=O)(=O)c3ccc4c(ccn4CC)c3)CC2)C1. The van der Waals surface area contributed by atoms with Crippen molar-refractivity contribution in [1.29, 1.82) is 0 Å². The third-order valence-electron chi connectivity index (χ3n) is 6.88. The molecule has 0 aliphatic carbocycles. The Labute approximate surface area is 195 Å². The molecule has 0 bridgehead atoms. The van der Waals surface area contributed by atoms with Gasteiger partial charge in [-0.1, -0.05) is 0 Å². The lowest BCUT2D eigenvalue weighted by Gasteiger charge is -2.36. The normalized spacial score (nSPS) is 20.8. The highest BCUT2D eigenvalue weighted by atomic mass is 32.2. The second-order valence-electron chi connectivity index (χ2n) is 8.88. The van der Waals surface area contributed by atoms with Crippen LogP contribution in [-0.2, 0) is 30.9 Å². The molecule has 2 fully saturated rings. The van der Waals surface area contributed by atoms with Crippen LogP contribution < -0.4 is 0 Å². The van der Waals surface area contributed by atoms with Gasteiger partial charge in [-0.05, 0) is 63.8 Å². The van der Waals surface area contributed by atoms with Crippen molar-refractivity contribution in [3.63, 3.8) is 0 Å². The Balaban J connectivity index is 1.39. The largest absolute Gasteiger partial charge is 0.466 e. The van der Waals surface area contributed by atoms with Crippen molar-refractivity contribution in [1.82, 2.24) is 13.8 Å². The van der Waals surface area contributed by atoms with Crippen molar-refractivity contribution in [2.45, 2.75) is 51.0 Å². The molecule has 0 unspecified atom stereocenters. The molecule has 4 rings (SSSR count). The van der Waals surface area contributed by atoms with Crippen LogP contribution in [0.3, 0.4) is 0 Å². The van der Waals surface area contributed by atoms with Gasteiger partial charge < -0.3 is 14.2 Å². The monoisotopic (exact) mass is 475 g/mol. The third-order valence-corrected chi connectivity index (χ3v) is 8.77. The maximum atomic E-state index is 13.2. The average Bonchev–Trinajstić information content (AvgIpc) is 3.26. The highest BCUT2D eigenvalue weighted by Crippen LogP contribution is 2.29. The molecule has 8 nitrogen and oxygen atoms in total. The zero-order chi connectivity index (χ0) is 23.6. The minimum absolute atomic E-state index is 0.0309. The molecule has 180 valence electrons. The number of carbonyl (C=O) groups excluding carboxylic acids is 2. The molecule has 1 aromatic carbocycles. The number of nitrogens with zero attached hydrogens (tertiary/aromatic N) is 3. The number of aryl methyl sites for hydroxylation is 1. The fraction of sp³-hybridized carbons (Fsp3) is 0.583. The highest BCUT2D eigenvalue weighted by molar-refractivity contribution is 7.89.